The Labute approximate surface area is 295 Å². The van der Waals surface area contributed by atoms with Gasteiger partial charge in [-0.15, -0.1) is 0 Å². The van der Waals surface area contributed by atoms with Crippen LogP contribution < -0.4 is 0 Å². The summed E-state index contributed by atoms with van der Waals surface area (Å²) < 4.78 is 8.72. The van der Waals surface area contributed by atoms with Crippen LogP contribution in [-0.2, 0) is 0 Å². The van der Waals surface area contributed by atoms with Gasteiger partial charge in [0, 0.05) is 33.2 Å². The molecule has 1 unspecified atom stereocenters. The average molecular weight is 650 g/mol. The van der Waals surface area contributed by atoms with Crippen molar-refractivity contribution in [3.05, 3.63) is 199 Å². The van der Waals surface area contributed by atoms with Gasteiger partial charge in [-0.3, -0.25) is 0 Å². The first-order valence-corrected chi connectivity index (χ1v) is 17.6. The Morgan fingerprint density at radius 1 is 0.373 bits per heavy atom. The monoisotopic (exact) mass is 649 g/mol. The van der Waals surface area contributed by atoms with Crippen LogP contribution in [0.15, 0.2) is 186 Å². The number of fused-ring (bicyclic) bond motifs is 9. The third kappa shape index (κ3) is 4.17. The standard InChI is InChI=1S/C49H31NO/c1-2-13-33(14-3-1)50-44-22-10-8-17-36(44)37-27-25-32(30-45(37)50)31-26-28-41-43(29-31)35-16-5-7-19-39(35)48(41)38-18-6-4-15-34(38)40-21-12-24-47-49(40)42-20-9-11-23-46(42)51-47/h1-30,48H. The van der Waals surface area contributed by atoms with Crippen LogP contribution in [0.1, 0.15) is 22.6 Å². The Bertz CT molecular complexity index is 2980. The highest BCUT2D eigenvalue weighted by Crippen LogP contribution is 2.52. The van der Waals surface area contributed by atoms with Crippen LogP contribution in [0.25, 0.3) is 82.8 Å². The molecule has 0 aliphatic heterocycles. The number of hydrogen-bond donors (Lipinski definition) is 0. The zero-order valence-corrected chi connectivity index (χ0v) is 27.8. The molecule has 2 nitrogen and oxygen atoms in total. The number of furan rings is 1. The molecule has 0 spiro atoms. The maximum Gasteiger partial charge on any atom is 0.136 e. The van der Waals surface area contributed by atoms with Gasteiger partial charge in [-0.1, -0.05) is 140 Å². The molecule has 1 aliphatic rings. The highest BCUT2D eigenvalue weighted by Gasteiger charge is 2.32. The summed E-state index contributed by atoms with van der Waals surface area (Å²) in [5.41, 5.74) is 16.9. The van der Waals surface area contributed by atoms with Gasteiger partial charge in [0.2, 0.25) is 0 Å². The van der Waals surface area contributed by atoms with E-state index in [0.29, 0.717) is 0 Å². The van der Waals surface area contributed by atoms with Gasteiger partial charge in [0.25, 0.3) is 0 Å². The largest absolute Gasteiger partial charge is 0.456 e. The Balaban J connectivity index is 1.09. The number of rotatable bonds is 4. The van der Waals surface area contributed by atoms with Crippen molar-refractivity contribution in [3.8, 4) is 39.1 Å². The second kappa shape index (κ2) is 10.9. The first-order chi connectivity index (χ1) is 25.3. The number of nitrogens with zero attached hydrogens (tertiary/aromatic N) is 1. The lowest BCUT2D eigenvalue weighted by molar-refractivity contribution is 0.669. The summed E-state index contributed by atoms with van der Waals surface area (Å²) in [5, 5.41) is 4.86. The molecule has 0 N–H and O–H groups in total. The van der Waals surface area contributed by atoms with Crippen molar-refractivity contribution < 1.29 is 4.42 Å². The molecule has 2 heterocycles. The van der Waals surface area contributed by atoms with Gasteiger partial charge in [-0.25, -0.2) is 0 Å². The van der Waals surface area contributed by atoms with Crippen molar-refractivity contribution in [2.45, 2.75) is 5.92 Å². The van der Waals surface area contributed by atoms with E-state index in [1.165, 1.54) is 83.0 Å². The molecule has 51 heavy (non-hydrogen) atoms. The minimum atomic E-state index is 0.109. The summed E-state index contributed by atoms with van der Waals surface area (Å²) in [5.74, 6) is 0.109. The second-order valence-electron chi connectivity index (χ2n) is 13.6. The Morgan fingerprint density at radius 2 is 0.961 bits per heavy atom. The molecular weight excluding hydrogens is 619 g/mol. The van der Waals surface area contributed by atoms with Gasteiger partial charge >= 0.3 is 0 Å². The predicted molar refractivity (Wildman–Crippen MR) is 212 cm³/mol. The minimum absolute atomic E-state index is 0.109. The fourth-order valence-corrected chi connectivity index (χ4v) is 8.72. The zero-order chi connectivity index (χ0) is 33.5. The summed E-state index contributed by atoms with van der Waals surface area (Å²) in [6.45, 7) is 0. The highest BCUT2D eigenvalue weighted by atomic mass is 16.3. The van der Waals surface area contributed by atoms with E-state index in [1.807, 2.05) is 6.07 Å². The van der Waals surface area contributed by atoms with Crippen LogP contribution in [0.3, 0.4) is 0 Å². The number of hydrogen-bond acceptors (Lipinski definition) is 1. The third-order valence-corrected chi connectivity index (χ3v) is 10.9. The molecule has 2 heteroatoms. The lowest BCUT2D eigenvalue weighted by Crippen LogP contribution is -2.02. The second-order valence-corrected chi connectivity index (χ2v) is 13.6. The van der Waals surface area contributed by atoms with E-state index in [2.05, 4.69) is 180 Å². The van der Waals surface area contributed by atoms with Gasteiger partial charge < -0.3 is 8.98 Å². The van der Waals surface area contributed by atoms with Crippen molar-refractivity contribution >= 4 is 43.7 Å². The average Bonchev–Trinajstić information content (AvgIpc) is 3.85. The molecule has 10 aromatic rings. The van der Waals surface area contributed by atoms with Crippen molar-refractivity contribution in [1.82, 2.24) is 4.57 Å². The van der Waals surface area contributed by atoms with E-state index in [0.717, 1.165) is 16.6 Å². The van der Waals surface area contributed by atoms with Gasteiger partial charge in [-0.2, -0.15) is 0 Å². The first-order valence-electron chi connectivity index (χ1n) is 17.6. The van der Waals surface area contributed by atoms with E-state index < -0.39 is 0 Å². The fraction of sp³-hybridized carbons (Fsp3) is 0.0204. The fourth-order valence-electron chi connectivity index (χ4n) is 8.72. The van der Waals surface area contributed by atoms with E-state index in [-0.39, 0.29) is 5.92 Å². The Morgan fingerprint density at radius 3 is 1.80 bits per heavy atom. The van der Waals surface area contributed by atoms with Gasteiger partial charge in [0.1, 0.15) is 11.2 Å². The van der Waals surface area contributed by atoms with Crippen LogP contribution in [-0.4, -0.2) is 4.57 Å². The van der Waals surface area contributed by atoms with Crippen molar-refractivity contribution in [1.29, 1.82) is 0 Å². The molecule has 11 rings (SSSR count). The van der Waals surface area contributed by atoms with Gasteiger partial charge in [-0.05, 0) is 92.5 Å². The summed E-state index contributed by atoms with van der Waals surface area (Å²) >= 11 is 0. The van der Waals surface area contributed by atoms with Crippen LogP contribution in [0.2, 0.25) is 0 Å². The van der Waals surface area contributed by atoms with Crippen molar-refractivity contribution in [3.63, 3.8) is 0 Å². The SMILES string of the molecule is c1ccc(-n2c3ccccc3c3ccc(-c4ccc5c(c4)-c4ccccc4C5c4ccccc4-c4cccc5oc6ccccc6c45)cc32)cc1. The topological polar surface area (TPSA) is 18.1 Å². The molecule has 0 bridgehead atoms. The number of benzene rings is 8. The van der Waals surface area contributed by atoms with E-state index in [4.69, 9.17) is 4.42 Å². The lowest BCUT2D eigenvalue weighted by Gasteiger charge is -2.19. The van der Waals surface area contributed by atoms with Crippen molar-refractivity contribution in [2.75, 3.05) is 0 Å². The Hall–Kier alpha value is -6.64. The quantitative estimate of drug-likeness (QED) is 0.186. The molecule has 0 radical (unpaired) electrons. The summed E-state index contributed by atoms with van der Waals surface area (Å²) in [7, 11) is 0. The molecule has 0 saturated heterocycles. The lowest BCUT2D eigenvalue weighted by atomic mass is 9.83. The molecule has 1 atom stereocenters. The van der Waals surface area contributed by atoms with Gasteiger partial charge in [0.15, 0.2) is 0 Å². The normalized spacial score (nSPS) is 13.7. The maximum absolute atomic E-state index is 6.32. The third-order valence-electron chi connectivity index (χ3n) is 10.9. The van der Waals surface area contributed by atoms with Gasteiger partial charge in [0.05, 0.1) is 11.0 Å². The van der Waals surface area contributed by atoms with Crippen LogP contribution in [0.5, 0.6) is 0 Å². The zero-order valence-electron chi connectivity index (χ0n) is 27.8. The molecule has 2 aromatic heterocycles. The smallest absolute Gasteiger partial charge is 0.136 e. The maximum atomic E-state index is 6.32. The molecule has 1 aliphatic carbocycles. The van der Waals surface area contributed by atoms with E-state index in [9.17, 15) is 0 Å². The number of aromatic nitrogens is 1. The molecule has 0 amide bonds. The van der Waals surface area contributed by atoms with Crippen LogP contribution in [0.4, 0.5) is 0 Å². The molecule has 0 fully saturated rings. The minimum Gasteiger partial charge on any atom is -0.456 e. The Kier molecular flexibility index (Phi) is 6.05. The predicted octanol–water partition coefficient (Wildman–Crippen LogP) is 13.2. The summed E-state index contributed by atoms with van der Waals surface area (Å²) in [6.07, 6.45) is 0. The first kappa shape index (κ1) is 28.2. The van der Waals surface area contributed by atoms with E-state index in [1.54, 1.807) is 0 Å². The molecule has 0 saturated carbocycles. The summed E-state index contributed by atoms with van der Waals surface area (Å²) in [4.78, 5) is 0. The van der Waals surface area contributed by atoms with E-state index >= 15 is 0 Å². The molecule has 8 aromatic carbocycles. The van der Waals surface area contributed by atoms with Crippen LogP contribution >= 0.6 is 0 Å². The molecular formula is C49H31NO. The summed E-state index contributed by atoms with van der Waals surface area (Å²) in [6, 6.07) is 66.2. The molecule has 238 valence electrons. The van der Waals surface area contributed by atoms with Crippen LogP contribution in [0, 0.1) is 0 Å². The number of para-hydroxylation sites is 3. The highest BCUT2D eigenvalue weighted by molar-refractivity contribution is 6.13. The van der Waals surface area contributed by atoms with Crippen molar-refractivity contribution in [2.24, 2.45) is 0 Å².